The van der Waals surface area contributed by atoms with E-state index in [0.717, 1.165) is 11.1 Å². The maximum Gasteiger partial charge on any atom is 0.251 e. The molecule has 0 aliphatic carbocycles. The van der Waals surface area contributed by atoms with E-state index in [4.69, 9.17) is 14.2 Å². The largest absolute Gasteiger partial charge is 0.494 e. The fraction of sp³-hybridized carbons (Fsp3) is 0.462. The molecular formula is C26H36N2O5. The molecule has 0 aromatic heterocycles. The van der Waals surface area contributed by atoms with Crippen molar-refractivity contribution in [3.63, 3.8) is 0 Å². The van der Waals surface area contributed by atoms with Crippen LogP contribution < -0.4 is 15.4 Å². The summed E-state index contributed by atoms with van der Waals surface area (Å²) < 4.78 is 16.3. The second kappa shape index (κ2) is 14.3. The van der Waals surface area contributed by atoms with Gasteiger partial charge in [-0.1, -0.05) is 38.1 Å². The summed E-state index contributed by atoms with van der Waals surface area (Å²) in [5.41, 5.74) is 2.48. The van der Waals surface area contributed by atoms with Crippen molar-refractivity contribution in [1.29, 1.82) is 0 Å². The van der Waals surface area contributed by atoms with Gasteiger partial charge in [0.05, 0.1) is 26.4 Å². The third-order valence-corrected chi connectivity index (χ3v) is 4.97. The Bertz CT molecular complexity index is 867. The van der Waals surface area contributed by atoms with Crippen molar-refractivity contribution in [2.75, 3.05) is 26.4 Å². The van der Waals surface area contributed by atoms with E-state index >= 15 is 0 Å². The second-order valence-electron chi connectivity index (χ2n) is 7.94. The lowest BCUT2D eigenvalue weighted by Crippen LogP contribution is -2.49. The molecule has 2 aromatic rings. The van der Waals surface area contributed by atoms with E-state index in [0.29, 0.717) is 50.9 Å². The van der Waals surface area contributed by atoms with E-state index in [1.54, 1.807) is 24.3 Å². The van der Waals surface area contributed by atoms with Gasteiger partial charge in [0, 0.05) is 18.7 Å². The molecule has 1 unspecified atom stereocenters. The van der Waals surface area contributed by atoms with Crippen LogP contribution in [0.3, 0.4) is 0 Å². The van der Waals surface area contributed by atoms with Crippen LogP contribution in [0.1, 0.15) is 49.2 Å². The van der Waals surface area contributed by atoms with Crippen LogP contribution in [0, 0.1) is 5.92 Å². The second-order valence-corrected chi connectivity index (χ2v) is 7.94. The molecule has 33 heavy (non-hydrogen) atoms. The highest BCUT2D eigenvalue weighted by Crippen LogP contribution is 2.13. The molecule has 0 radical (unpaired) electrons. The van der Waals surface area contributed by atoms with Gasteiger partial charge in [0.25, 0.3) is 5.91 Å². The average Bonchev–Trinajstić information content (AvgIpc) is 2.81. The minimum Gasteiger partial charge on any atom is -0.494 e. The smallest absolute Gasteiger partial charge is 0.251 e. The van der Waals surface area contributed by atoms with Gasteiger partial charge in [-0.3, -0.25) is 9.59 Å². The first-order valence-electron chi connectivity index (χ1n) is 11.5. The van der Waals surface area contributed by atoms with Crippen molar-refractivity contribution < 1.29 is 23.8 Å². The summed E-state index contributed by atoms with van der Waals surface area (Å²) in [6.45, 7) is 10.9. The number of nitrogens with one attached hydrogen (secondary N) is 2. The monoisotopic (exact) mass is 456 g/mol. The number of carbonyl (C=O) groups excluding carboxylic acids is 2. The van der Waals surface area contributed by atoms with Gasteiger partial charge in [0.2, 0.25) is 5.91 Å². The zero-order valence-electron chi connectivity index (χ0n) is 20.1. The molecule has 7 heteroatoms. The van der Waals surface area contributed by atoms with Gasteiger partial charge in [-0.2, -0.15) is 0 Å². The first-order chi connectivity index (χ1) is 15.9. The van der Waals surface area contributed by atoms with Gasteiger partial charge in [-0.05, 0) is 55.2 Å². The maximum absolute atomic E-state index is 12.8. The molecule has 2 rings (SSSR count). The lowest BCUT2D eigenvalue weighted by Gasteiger charge is -2.22. The molecule has 0 saturated heterocycles. The van der Waals surface area contributed by atoms with Crippen LogP contribution in [0.25, 0.3) is 0 Å². The number of ether oxygens (including phenoxy) is 3. The minimum absolute atomic E-state index is 0.0679. The van der Waals surface area contributed by atoms with E-state index in [1.807, 2.05) is 52.0 Å². The standard InChI is InChI=1S/C26H36N2O5/c1-5-31-14-15-32-18-21-9-7-8-20(16-21)17-27-26(30)24(19(3)4)28-25(29)22-10-12-23(13-11-22)33-6-2/h7-13,16,19,24H,5-6,14-15,17-18H2,1-4H3,(H,27,30)(H,28,29). The molecule has 2 aromatic carbocycles. The number of benzene rings is 2. The first kappa shape index (κ1) is 26.4. The molecule has 0 aliphatic heterocycles. The molecular weight excluding hydrogens is 420 g/mol. The fourth-order valence-corrected chi connectivity index (χ4v) is 3.21. The Morgan fingerprint density at radius 2 is 1.61 bits per heavy atom. The van der Waals surface area contributed by atoms with Gasteiger partial charge < -0.3 is 24.8 Å². The zero-order chi connectivity index (χ0) is 24.1. The lowest BCUT2D eigenvalue weighted by atomic mass is 10.0. The number of amides is 2. The van der Waals surface area contributed by atoms with Gasteiger partial charge in [-0.15, -0.1) is 0 Å². The van der Waals surface area contributed by atoms with Crippen LogP contribution in [0.5, 0.6) is 5.75 Å². The molecule has 180 valence electrons. The van der Waals surface area contributed by atoms with Crippen LogP contribution in [0.15, 0.2) is 48.5 Å². The number of hydrogen-bond acceptors (Lipinski definition) is 5. The Labute approximate surface area is 196 Å². The van der Waals surface area contributed by atoms with Crippen LogP contribution in [-0.4, -0.2) is 44.3 Å². The van der Waals surface area contributed by atoms with Gasteiger partial charge in [-0.25, -0.2) is 0 Å². The van der Waals surface area contributed by atoms with Gasteiger partial charge in [0.1, 0.15) is 11.8 Å². The van der Waals surface area contributed by atoms with Crippen LogP contribution >= 0.6 is 0 Å². The summed E-state index contributed by atoms with van der Waals surface area (Å²) in [7, 11) is 0. The van der Waals surface area contributed by atoms with Crippen LogP contribution in [0.4, 0.5) is 0 Å². The predicted octanol–water partition coefficient (Wildman–Crippen LogP) is 3.71. The predicted molar refractivity (Wildman–Crippen MR) is 128 cm³/mol. The summed E-state index contributed by atoms with van der Waals surface area (Å²) in [6, 6.07) is 14.1. The molecule has 0 spiro atoms. The van der Waals surface area contributed by atoms with Crippen LogP contribution in [-0.2, 0) is 27.4 Å². The molecule has 0 saturated carbocycles. The molecule has 2 amide bonds. The Morgan fingerprint density at radius 3 is 2.27 bits per heavy atom. The van der Waals surface area contributed by atoms with Crippen molar-refractivity contribution in [3.05, 3.63) is 65.2 Å². The Kier molecular flexibility index (Phi) is 11.4. The average molecular weight is 457 g/mol. The third-order valence-electron chi connectivity index (χ3n) is 4.97. The Morgan fingerprint density at radius 1 is 0.909 bits per heavy atom. The summed E-state index contributed by atoms with van der Waals surface area (Å²) in [5, 5.41) is 5.79. The SMILES string of the molecule is CCOCCOCc1cccc(CNC(=O)C(NC(=O)c2ccc(OCC)cc2)C(C)C)c1. The minimum atomic E-state index is -0.644. The third kappa shape index (κ3) is 9.24. The Balaban J connectivity index is 1.89. The van der Waals surface area contributed by atoms with Crippen LogP contribution in [0.2, 0.25) is 0 Å². The highest BCUT2D eigenvalue weighted by atomic mass is 16.5. The van der Waals surface area contributed by atoms with E-state index in [9.17, 15) is 9.59 Å². The van der Waals surface area contributed by atoms with E-state index in [1.165, 1.54) is 0 Å². The number of rotatable bonds is 14. The van der Waals surface area contributed by atoms with Crippen molar-refractivity contribution in [2.45, 2.75) is 46.9 Å². The number of hydrogen-bond donors (Lipinski definition) is 2. The molecule has 0 fully saturated rings. The Hall–Kier alpha value is -2.90. The highest BCUT2D eigenvalue weighted by Gasteiger charge is 2.24. The molecule has 7 nitrogen and oxygen atoms in total. The molecule has 0 bridgehead atoms. The first-order valence-corrected chi connectivity index (χ1v) is 11.5. The van der Waals surface area contributed by atoms with E-state index in [-0.39, 0.29) is 17.7 Å². The summed E-state index contributed by atoms with van der Waals surface area (Å²) in [6.07, 6.45) is 0. The fourth-order valence-electron chi connectivity index (χ4n) is 3.21. The molecule has 1 atom stereocenters. The lowest BCUT2D eigenvalue weighted by molar-refractivity contribution is -0.124. The van der Waals surface area contributed by atoms with Gasteiger partial charge >= 0.3 is 0 Å². The van der Waals surface area contributed by atoms with Crippen molar-refractivity contribution in [1.82, 2.24) is 10.6 Å². The van der Waals surface area contributed by atoms with E-state index in [2.05, 4.69) is 10.6 Å². The highest BCUT2D eigenvalue weighted by molar-refractivity contribution is 5.97. The summed E-state index contributed by atoms with van der Waals surface area (Å²) in [5.74, 6) is 0.122. The van der Waals surface area contributed by atoms with Crippen molar-refractivity contribution in [2.24, 2.45) is 5.92 Å². The summed E-state index contributed by atoms with van der Waals surface area (Å²) >= 11 is 0. The molecule has 0 heterocycles. The van der Waals surface area contributed by atoms with Gasteiger partial charge in [0.15, 0.2) is 0 Å². The van der Waals surface area contributed by atoms with Crippen molar-refractivity contribution in [3.8, 4) is 5.75 Å². The zero-order valence-corrected chi connectivity index (χ0v) is 20.1. The normalized spacial score (nSPS) is 11.8. The number of carbonyl (C=O) groups is 2. The van der Waals surface area contributed by atoms with Crippen molar-refractivity contribution >= 4 is 11.8 Å². The quantitative estimate of drug-likeness (QED) is 0.423. The molecule has 0 aliphatic rings. The maximum atomic E-state index is 12.8. The molecule has 2 N–H and O–H groups in total. The summed E-state index contributed by atoms with van der Waals surface area (Å²) in [4.78, 5) is 25.5. The van der Waals surface area contributed by atoms with E-state index < -0.39 is 6.04 Å². The topological polar surface area (TPSA) is 85.9 Å².